The van der Waals surface area contributed by atoms with Crippen molar-refractivity contribution in [3.05, 3.63) is 35.1 Å². The smallest absolute Gasteiger partial charge is 0.146 e. The SMILES string of the molecule is C=C(Sc1cc(N)c(F)cc1C)N(C)C. The molecule has 1 aromatic carbocycles. The predicted molar refractivity (Wildman–Crippen MR) is 64.2 cm³/mol. The molecule has 82 valence electrons. The fourth-order valence-corrected chi connectivity index (χ4v) is 1.84. The minimum atomic E-state index is -0.368. The number of nitrogens with zero attached hydrogens (tertiary/aromatic N) is 1. The molecular weight excluding hydrogens is 211 g/mol. The lowest BCUT2D eigenvalue weighted by molar-refractivity contribution is 0.552. The molecule has 0 aromatic heterocycles. The molecule has 0 radical (unpaired) electrons. The summed E-state index contributed by atoms with van der Waals surface area (Å²) in [7, 11) is 3.83. The number of benzene rings is 1. The number of nitrogens with two attached hydrogens (primary N) is 1. The summed E-state index contributed by atoms with van der Waals surface area (Å²) in [6.07, 6.45) is 0. The van der Waals surface area contributed by atoms with Gasteiger partial charge in [0.25, 0.3) is 0 Å². The lowest BCUT2D eigenvalue weighted by Gasteiger charge is -2.16. The first-order valence-electron chi connectivity index (χ1n) is 4.51. The van der Waals surface area contributed by atoms with Gasteiger partial charge in [0.2, 0.25) is 0 Å². The topological polar surface area (TPSA) is 29.3 Å². The Morgan fingerprint density at radius 2 is 2.07 bits per heavy atom. The number of hydrogen-bond acceptors (Lipinski definition) is 3. The molecule has 0 unspecified atom stereocenters. The second kappa shape index (κ2) is 4.57. The van der Waals surface area contributed by atoms with Crippen LogP contribution in [0.3, 0.4) is 0 Å². The predicted octanol–water partition coefficient (Wildman–Crippen LogP) is 2.84. The molecule has 0 spiro atoms. The van der Waals surface area contributed by atoms with E-state index < -0.39 is 0 Å². The number of rotatable bonds is 3. The molecule has 0 saturated heterocycles. The first-order chi connectivity index (χ1) is 6.91. The largest absolute Gasteiger partial charge is 0.396 e. The summed E-state index contributed by atoms with van der Waals surface area (Å²) in [5.41, 5.74) is 6.56. The summed E-state index contributed by atoms with van der Waals surface area (Å²) < 4.78 is 13.1. The van der Waals surface area contributed by atoms with Crippen molar-refractivity contribution < 1.29 is 4.39 Å². The van der Waals surface area contributed by atoms with Gasteiger partial charge in [-0.15, -0.1) is 0 Å². The van der Waals surface area contributed by atoms with Crippen LogP contribution in [0.25, 0.3) is 0 Å². The first-order valence-corrected chi connectivity index (χ1v) is 5.33. The minimum Gasteiger partial charge on any atom is -0.396 e. The van der Waals surface area contributed by atoms with Crippen LogP contribution >= 0.6 is 11.8 Å². The van der Waals surface area contributed by atoms with Gasteiger partial charge in [-0.3, -0.25) is 0 Å². The lowest BCUT2D eigenvalue weighted by Crippen LogP contribution is -2.07. The maximum atomic E-state index is 13.1. The van der Waals surface area contributed by atoms with E-state index >= 15 is 0 Å². The van der Waals surface area contributed by atoms with E-state index in [1.165, 1.54) is 17.8 Å². The van der Waals surface area contributed by atoms with Gasteiger partial charge in [-0.25, -0.2) is 4.39 Å². The molecule has 0 fully saturated rings. The maximum absolute atomic E-state index is 13.1. The Morgan fingerprint density at radius 3 is 2.60 bits per heavy atom. The van der Waals surface area contributed by atoms with E-state index in [9.17, 15) is 4.39 Å². The van der Waals surface area contributed by atoms with Gasteiger partial charge >= 0.3 is 0 Å². The zero-order valence-corrected chi connectivity index (χ0v) is 9.99. The molecule has 0 amide bonds. The number of hydrogen-bond donors (Lipinski definition) is 1. The third-order valence-electron chi connectivity index (χ3n) is 2.02. The highest BCUT2D eigenvalue weighted by Gasteiger charge is 2.07. The van der Waals surface area contributed by atoms with Crippen LogP contribution in [-0.2, 0) is 0 Å². The van der Waals surface area contributed by atoms with Crippen molar-refractivity contribution >= 4 is 17.4 Å². The molecule has 2 nitrogen and oxygen atoms in total. The Morgan fingerprint density at radius 1 is 1.47 bits per heavy atom. The van der Waals surface area contributed by atoms with Crippen molar-refractivity contribution in [1.29, 1.82) is 0 Å². The highest BCUT2D eigenvalue weighted by atomic mass is 32.2. The summed E-state index contributed by atoms with van der Waals surface area (Å²) in [4.78, 5) is 2.84. The van der Waals surface area contributed by atoms with Gasteiger partial charge in [0.1, 0.15) is 5.82 Å². The van der Waals surface area contributed by atoms with Crippen molar-refractivity contribution in [2.75, 3.05) is 19.8 Å². The monoisotopic (exact) mass is 226 g/mol. The molecule has 2 N–H and O–H groups in total. The highest BCUT2D eigenvalue weighted by molar-refractivity contribution is 8.03. The van der Waals surface area contributed by atoms with E-state index in [1.54, 1.807) is 6.07 Å². The molecule has 4 heteroatoms. The second-order valence-electron chi connectivity index (χ2n) is 3.53. The Labute approximate surface area is 94.0 Å². The molecule has 0 aliphatic rings. The van der Waals surface area contributed by atoms with E-state index in [4.69, 9.17) is 5.73 Å². The summed E-state index contributed by atoms with van der Waals surface area (Å²) in [6, 6.07) is 3.09. The van der Waals surface area contributed by atoms with Crippen molar-refractivity contribution in [2.45, 2.75) is 11.8 Å². The summed E-state index contributed by atoms with van der Waals surface area (Å²) in [5.74, 6) is -0.368. The average molecular weight is 226 g/mol. The molecule has 0 bridgehead atoms. The number of anilines is 1. The lowest BCUT2D eigenvalue weighted by atomic mass is 10.2. The Bertz CT molecular complexity index is 388. The zero-order valence-electron chi connectivity index (χ0n) is 9.17. The molecule has 0 atom stereocenters. The maximum Gasteiger partial charge on any atom is 0.146 e. The highest BCUT2D eigenvalue weighted by Crippen LogP contribution is 2.31. The fraction of sp³-hybridized carbons (Fsp3) is 0.273. The summed E-state index contributed by atoms with van der Waals surface area (Å²) >= 11 is 1.49. The Kier molecular flexibility index (Phi) is 3.63. The Hall–Kier alpha value is -1.16. The van der Waals surface area contributed by atoms with Gasteiger partial charge in [0.05, 0.1) is 10.7 Å². The molecule has 15 heavy (non-hydrogen) atoms. The van der Waals surface area contributed by atoms with Crippen LogP contribution in [0, 0.1) is 12.7 Å². The van der Waals surface area contributed by atoms with E-state index in [-0.39, 0.29) is 11.5 Å². The van der Waals surface area contributed by atoms with Crippen LogP contribution in [0.5, 0.6) is 0 Å². The number of thioether (sulfide) groups is 1. The van der Waals surface area contributed by atoms with Crippen molar-refractivity contribution in [1.82, 2.24) is 4.90 Å². The van der Waals surface area contributed by atoms with Crippen LogP contribution in [0.2, 0.25) is 0 Å². The van der Waals surface area contributed by atoms with Crippen molar-refractivity contribution in [3.8, 4) is 0 Å². The Balaban J connectivity index is 2.96. The molecular formula is C11H15FN2S. The van der Waals surface area contributed by atoms with Crippen LogP contribution < -0.4 is 5.73 Å². The number of halogens is 1. The standard InChI is InChI=1S/C11H15FN2S/c1-7-5-9(12)10(13)6-11(7)15-8(2)14(3)4/h5-6H,2,13H2,1,3-4H3. The van der Waals surface area contributed by atoms with Gasteiger partial charge in [-0.05, 0) is 24.6 Å². The average Bonchev–Trinajstić information content (AvgIpc) is 2.13. The summed E-state index contributed by atoms with van der Waals surface area (Å²) in [6.45, 7) is 5.75. The van der Waals surface area contributed by atoms with Crippen LogP contribution in [-0.4, -0.2) is 19.0 Å². The van der Waals surface area contributed by atoms with Crippen LogP contribution in [0.15, 0.2) is 28.6 Å². The van der Waals surface area contributed by atoms with Gasteiger partial charge in [0, 0.05) is 19.0 Å². The van der Waals surface area contributed by atoms with Gasteiger partial charge in [-0.1, -0.05) is 18.3 Å². The molecule has 0 aliphatic carbocycles. The quantitative estimate of drug-likeness (QED) is 0.635. The molecule has 1 aromatic rings. The molecule has 1 rings (SSSR count). The molecule has 0 aliphatic heterocycles. The fourth-order valence-electron chi connectivity index (χ4n) is 0.997. The second-order valence-corrected chi connectivity index (χ2v) is 4.64. The number of nitrogen functional groups attached to an aromatic ring is 1. The van der Waals surface area contributed by atoms with Gasteiger partial charge in [0.15, 0.2) is 0 Å². The zero-order chi connectivity index (χ0) is 11.6. The van der Waals surface area contributed by atoms with Crippen LogP contribution in [0.1, 0.15) is 5.56 Å². The van der Waals surface area contributed by atoms with E-state index in [0.717, 1.165) is 15.5 Å². The molecule has 0 heterocycles. The number of aryl methyl sites for hydroxylation is 1. The van der Waals surface area contributed by atoms with Crippen LogP contribution in [0.4, 0.5) is 10.1 Å². The normalized spacial score (nSPS) is 10.1. The van der Waals surface area contributed by atoms with Gasteiger partial charge < -0.3 is 10.6 Å². The first kappa shape index (κ1) is 11.9. The van der Waals surface area contributed by atoms with Gasteiger partial charge in [-0.2, -0.15) is 0 Å². The van der Waals surface area contributed by atoms with E-state index in [0.29, 0.717) is 0 Å². The minimum absolute atomic E-state index is 0.176. The summed E-state index contributed by atoms with van der Waals surface area (Å²) in [5, 5.41) is 0.893. The third-order valence-corrected chi connectivity index (χ3v) is 3.28. The van der Waals surface area contributed by atoms with Crippen molar-refractivity contribution in [3.63, 3.8) is 0 Å². The third kappa shape index (κ3) is 2.89. The van der Waals surface area contributed by atoms with Crippen molar-refractivity contribution in [2.24, 2.45) is 0 Å². The van der Waals surface area contributed by atoms with E-state index in [2.05, 4.69) is 6.58 Å². The molecule has 0 saturated carbocycles. The van der Waals surface area contributed by atoms with E-state index in [1.807, 2.05) is 25.9 Å².